The van der Waals surface area contributed by atoms with Crippen LogP contribution in [-0.4, -0.2) is 48.8 Å². The number of pyridine rings is 3. The number of aromatic nitrogens is 5. The van der Waals surface area contributed by atoms with Gasteiger partial charge < -0.3 is 15.0 Å². The minimum atomic E-state index is -1.23. The summed E-state index contributed by atoms with van der Waals surface area (Å²) < 4.78 is 20.5. The maximum Gasteiger partial charge on any atom is 0.232 e. The molecular formula is C23H22N6O2S2. The normalized spacial score (nSPS) is 12.6. The molecule has 0 radical (unpaired) electrons. The lowest BCUT2D eigenvalue weighted by atomic mass is 10.0. The molecule has 0 unspecified atom stereocenters. The number of hydrogen-bond donors (Lipinski definition) is 1. The fourth-order valence-corrected chi connectivity index (χ4v) is 6.40. The maximum absolute atomic E-state index is 13.0. The second kappa shape index (κ2) is 9.06. The van der Waals surface area contributed by atoms with Crippen molar-refractivity contribution >= 4 is 49.5 Å². The van der Waals surface area contributed by atoms with Crippen LogP contribution in [-0.2, 0) is 23.0 Å². The standard InChI is InChI=1S/C23H22N6O2S2/c1-29-21-16(13-27-29)9-15(12-26-21)18-10-17(14-5-3-6-25-11-14)19-20(24)23(32-22(19)28-18)33(30)8-4-7-31-2/h3,5-6,9-13H,4,7-8,24H2,1-2H3/t33-/m0/s1. The molecule has 8 nitrogen and oxygen atoms in total. The van der Waals surface area contributed by atoms with E-state index in [1.807, 2.05) is 31.3 Å². The topological polar surface area (TPSA) is 115 Å². The molecule has 0 aliphatic heterocycles. The van der Waals surface area contributed by atoms with Gasteiger partial charge in [0.05, 0.1) is 18.5 Å². The zero-order chi connectivity index (χ0) is 22.9. The van der Waals surface area contributed by atoms with Gasteiger partial charge in [0.1, 0.15) is 16.3 Å². The number of anilines is 1. The second-order valence-corrected chi connectivity index (χ2v) is 10.3. The number of nitrogen functional groups attached to an aromatic ring is 1. The van der Waals surface area contributed by atoms with Crippen molar-refractivity contribution in [3.05, 3.63) is 49.1 Å². The molecule has 0 aromatic carbocycles. The van der Waals surface area contributed by atoms with Crippen LogP contribution in [0.5, 0.6) is 0 Å². The molecule has 0 amide bonds. The van der Waals surface area contributed by atoms with Gasteiger partial charge in [-0.25, -0.2) is 9.97 Å². The minimum Gasteiger partial charge on any atom is -0.611 e. The molecule has 5 heterocycles. The van der Waals surface area contributed by atoms with Gasteiger partial charge in [-0.1, -0.05) is 17.4 Å². The van der Waals surface area contributed by atoms with E-state index in [0.29, 0.717) is 28.7 Å². The number of ether oxygens (including phenoxy) is 1. The molecule has 5 rings (SSSR count). The van der Waals surface area contributed by atoms with Crippen LogP contribution < -0.4 is 5.73 Å². The van der Waals surface area contributed by atoms with Crippen LogP contribution in [0.15, 0.2) is 53.3 Å². The van der Waals surface area contributed by atoms with E-state index in [1.54, 1.807) is 36.6 Å². The Balaban J connectivity index is 1.68. The Morgan fingerprint density at radius 3 is 2.88 bits per heavy atom. The summed E-state index contributed by atoms with van der Waals surface area (Å²) in [6, 6.07) is 7.90. The smallest absolute Gasteiger partial charge is 0.232 e. The third kappa shape index (κ3) is 4.06. The third-order valence-electron chi connectivity index (χ3n) is 5.39. The SMILES string of the molecule is COCCC[S@+]([O-])c1sc2nc(-c3cnc4c(cnn4C)c3)cc(-c3cccnc3)c2c1N. The summed E-state index contributed by atoms with van der Waals surface area (Å²) in [5, 5.41) is 6.02. The fraction of sp³-hybridized carbons (Fsp3) is 0.217. The number of hydrogen-bond acceptors (Lipinski definition) is 8. The van der Waals surface area contributed by atoms with Crippen molar-refractivity contribution in [3.63, 3.8) is 0 Å². The lowest BCUT2D eigenvalue weighted by Gasteiger charge is -2.09. The molecule has 0 spiro atoms. The Morgan fingerprint density at radius 2 is 2.09 bits per heavy atom. The van der Waals surface area contributed by atoms with E-state index < -0.39 is 11.2 Å². The first-order valence-electron chi connectivity index (χ1n) is 10.4. The van der Waals surface area contributed by atoms with Gasteiger partial charge in [-0.3, -0.25) is 9.67 Å². The molecule has 1 atom stereocenters. The Labute approximate surface area is 197 Å². The quantitative estimate of drug-likeness (QED) is 0.277. The number of fused-ring (bicyclic) bond motifs is 2. The first kappa shape index (κ1) is 21.8. The molecule has 168 valence electrons. The van der Waals surface area contributed by atoms with E-state index in [9.17, 15) is 4.55 Å². The van der Waals surface area contributed by atoms with Gasteiger partial charge in [0.15, 0.2) is 5.65 Å². The molecule has 33 heavy (non-hydrogen) atoms. The van der Waals surface area contributed by atoms with Crippen LogP contribution in [0.25, 0.3) is 43.6 Å². The number of methoxy groups -OCH3 is 1. The summed E-state index contributed by atoms with van der Waals surface area (Å²) in [5.41, 5.74) is 11.3. The van der Waals surface area contributed by atoms with Crippen molar-refractivity contribution in [1.82, 2.24) is 24.7 Å². The number of nitrogens with two attached hydrogens (primary N) is 1. The summed E-state index contributed by atoms with van der Waals surface area (Å²) in [7, 11) is 3.50. The number of rotatable bonds is 7. The second-order valence-electron chi connectivity index (χ2n) is 7.58. The number of nitrogens with zero attached hydrogens (tertiary/aromatic N) is 5. The highest BCUT2D eigenvalue weighted by molar-refractivity contribution is 7.93. The third-order valence-corrected chi connectivity index (χ3v) is 8.38. The van der Waals surface area contributed by atoms with Gasteiger partial charge in [0, 0.05) is 61.1 Å². The van der Waals surface area contributed by atoms with E-state index in [2.05, 4.69) is 15.1 Å². The van der Waals surface area contributed by atoms with Gasteiger partial charge in [-0.2, -0.15) is 5.10 Å². The van der Waals surface area contributed by atoms with E-state index in [1.165, 1.54) is 11.3 Å². The van der Waals surface area contributed by atoms with Crippen LogP contribution >= 0.6 is 11.3 Å². The Kier molecular flexibility index (Phi) is 5.98. The number of thiophene rings is 1. The maximum atomic E-state index is 13.0. The van der Waals surface area contributed by atoms with Gasteiger partial charge in [-0.15, -0.1) is 0 Å². The van der Waals surface area contributed by atoms with Crippen molar-refractivity contribution < 1.29 is 9.29 Å². The van der Waals surface area contributed by atoms with Gasteiger partial charge >= 0.3 is 0 Å². The molecule has 0 aliphatic carbocycles. The lowest BCUT2D eigenvalue weighted by Crippen LogP contribution is -2.09. The average Bonchev–Trinajstić information content (AvgIpc) is 3.38. The first-order chi connectivity index (χ1) is 16.1. The molecular weight excluding hydrogens is 456 g/mol. The highest BCUT2D eigenvalue weighted by atomic mass is 32.2. The first-order valence-corrected chi connectivity index (χ1v) is 12.5. The fourth-order valence-electron chi connectivity index (χ4n) is 3.78. The van der Waals surface area contributed by atoms with Crippen molar-refractivity contribution in [1.29, 1.82) is 0 Å². The molecule has 0 fully saturated rings. The Bertz CT molecular complexity index is 1430. The molecule has 2 N–H and O–H groups in total. The average molecular weight is 479 g/mol. The summed E-state index contributed by atoms with van der Waals surface area (Å²) in [4.78, 5) is 14.5. The zero-order valence-corrected chi connectivity index (χ0v) is 19.8. The molecule has 5 aromatic heterocycles. The number of aryl methyl sites for hydroxylation is 1. The summed E-state index contributed by atoms with van der Waals surface area (Å²) in [5.74, 6) is 0.488. The monoisotopic (exact) mass is 478 g/mol. The molecule has 0 aliphatic rings. The molecule has 0 saturated carbocycles. The van der Waals surface area contributed by atoms with E-state index in [4.69, 9.17) is 15.5 Å². The van der Waals surface area contributed by atoms with Crippen LogP contribution in [0.3, 0.4) is 0 Å². The molecule has 10 heteroatoms. The Hall–Kier alpha value is -3.05. The highest BCUT2D eigenvalue weighted by Gasteiger charge is 2.25. The van der Waals surface area contributed by atoms with E-state index in [0.717, 1.165) is 43.6 Å². The van der Waals surface area contributed by atoms with E-state index >= 15 is 0 Å². The van der Waals surface area contributed by atoms with Crippen LogP contribution in [0.1, 0.15) is 6.42 Å². The lowest BCUT2D eigenvalue weighted by molar-refractivity contribution is 0.199. The minimum absolute atomic E-state index is 0.488. The largest absolute Gasteiger partial charge is 0.611 e. The van der Waals surface area contributed by atoms with Crippen molar-refractivity contribution in [3.8, 4) is 22.4 Å². The zero-order valence-electron chi connectivity index (χ0n) is 18.2. The van der Waals surface area contributed by atoms with Crippen molar-refractivity contribution in [2.45, 2.75) is 10.6 Å². The van der Waals surface area contributed by atoms with Crippen molar-refractivity contribution in [2.24, 2.45) is 7.05 Å². The van der Waals surface area contributed by atoms with Crippen molar-refractivity contribution in [2.75, 3.05) is 25.2 Å². The van der Waals surface area contributed by atoms with Crippen LogP contribution in [0, 0.1) is 0 Å². The molecule has 0 saturated heterocycles. The highest BCUT2D eigenvalue weighted by Crippen LogP contribution is 2.43. The van der Waals surface area contributed by atoms with E-state index in [-0.39, 0.29) is 0 Å². The van der Waals surface area contributed by atoms with Gasteiger partial charge in [0.25, 0.3) is 0 Å². The molecule has 5 aromatic rings. The summed E-state index contributed by atoms with van der Waals surface area (Å²) >= 11 is 0.155. The molecule has 0 bridgehead atoms. The summed E-state index contributed by atoms with van der Waals surface area (Å²) in [6.07, 6.45) is 7.81. The predicted octanol–water partition coefficient (Wildman–Crippen LogP) is 4.03. The van der Waals surface area contributed by atoms with Gasteiger partial charge in [-0.05, 0) is 34.9 Å². The van der Waals surface area contributed by atoms with Gasteiger partial charge in [0.2, 0.25) is 4.21 Å². The Morgan fingerprint density at radius 1 is 1.21 bits per heavy atom. The predicted molar refractivity (Wildman–Crippen MR) is 133 cm³/mol. The van der Waals surface area contributed by atoms with Crippen LogP contribution in [0.2, 0.25) is 0 Å². The van der Waals surface area contributed by atoms with Crippen LogP contribution in [0.4, 0.5) is 5.69 Å². The summed E-state index contributed by atoms with van der Waals surface area (Å²) in [6.45, 7) is 0.559.